The van der Waals surface area contributed by atoms with E-state index in [9.17, 15) is 0 Å². The van der Waals surface area contributed by atoms with Gasteiger partial charge in [-0.05, 0) is 28.3 Å². The average molecular weight is 361 g/mol. The monoisotopic (exact) mass is 360 g/mol. The predicted molar refractivity (Wildman–Crippen MR) is 102 cm³/mol. The molecule has 6 nitrogen and oxygen atoms in total. The lowest BCUT2D eigenvalue weighted by atomic mass is 10.1. The van der Waals surface area contributed by atoms with Crippen molar-refractivity contribution in [3.05, 3.63) is 40.9 Å². The van der Waals surface area contributed by atoms with Crippen LogP contribution in [0.3, 0.4) is 0 Å². The van der Waals surface area contributed by atoms with Crippen LogP contribution in [0.25, 0.3) is 0 Å². The summed E-state index contributed by atoms with van der Waals surface area (Å²) >= 11 is 1.75. The van der Waals surface area contributed by atoms with Crippen molar-refractivity contribution in [1.29, 1.82) is 0 Å². The minimum Gasteiger partial charge on any atom is -0.297 e. The molecule has 1 aliphatic heterocycles. The summed E-state index contributed by atoms with van der Waals surface area (Å²) in [7, 11) is 0. The first-order chi connectivity index (χ1) is 12.3. The van der Waals surface area contributed by atoms with Gasteiger partial charge >= 0.3 is 0 Å². The highest BCUT2D eigenvalue weighted by atomic mass is 32.1. The highest BCUT2D eigenvalue weighted by Gasteiger charge is 2.28. The first-order valence-corrected chi connectivity index (χ1v) is 10.1. The first-order valence-electron chi connectivity index (χ1n) is 9.17. The number of rotatable bonds is 9. The fourth-order valence-corrected chi connectivity index (χ4v) is 4.11. The molecule has 3 heterocycles. The van der Waals surface area contributed by atoms with Gasteiger partial charge in [0.1, 0.15) is 0 Å². The van der Waals surface area contributed by atoms with Gasteiger partial charge in [-0.3, -0.25) is 9.80 Å². The van der Waals surface area contributed by atoms with Crippen LogP contribution in [-0.2, 0) is 6.54 Å². The van der Waals surface area contributed by atoms with Crippen molar-refractivity contribution in [2.75, 3.05) is 32.7 Å². The molecule has 0 bridgehead atoms. The molecule has 0 aromatic carbocycles. The molecule has 25 heavy (non-hydrogen) atoms. The molecule has 0 radical (unpaired) electrons. The van der Waals surface area contributed by atoms with Crippen LogP contribution in [0, 0.1) is 0 Å². The standard InChI is InChI=1S/C18H28N6S/c1-3-5-8-17(23-12-10-22(9-4-2)11-13-23)18-19-20-21-24(18)15-16-7-6-14-25-16/h4,6-7,14,17H,2-3,5,8-13,15H2,1H3. The molecule has 0 N–H and O–H groups in total. The fourth-order valence-electron chi connectivity index (χ4n) is 3.43. The molecule has 1 unspecified atom stereocenters. The molecule has 1 fully saturated rings. The van der Waals surface area contributed by atoms with Gasteiger partial charge in [0.05, 0.1) is 12.6 Å². The molecule has 7 heteroatoms. The number of piperazine rings is 1. The van der Waals surface area contributed by atoms with Crippen molar-refractivity contribution < 1.29 is 0 Å². The lowest BCUT2D eigenvalue weighted by molar-refractivity contribution is 0.0915. The third-order valence-corrected chi connectivity index (χ3v) is 5.67. The summed E-state index contributed by atoms with van der Waals surface area (Å²) in [6.07, 6.45) is 5.50. The van der Waals surface area contributed by atoms with E-state index in [1.807, 2.05) is 10.8 Å². The van der Waals surface area contributed by atoms with Crippen molar-refractivity contribution in [2.45, 2.75) is 38.8 Å². The quantitative estimate of drug-likeness (QED) is 0.644. The van der Waals surface area contributed by atoms with Crippen LogP contribution in [0.2, 0.25) is 0 Å². The fraction of sp³-hybridized carbons (Fsp3) is 0.611. The number of nitrogens with zero attached hydrogens (tertiary/aromatic N) is 6. The van der Waals surface area contributed by atoms with Gasteiger partial charge in [0, 0.05) is 37.6 Å². The Kier molecular flexibility index (Phi) is 6.72. The predicted octanol–water partition coefficient (Wildman–Crippen LogP) is 2.82. The lowest BCUT2D eigenvalue weighted by Crippen LogP contribution is -2.48. The Morgan fingerprint density at radius 3 is 2.84 bits per heavy atom. The Labute approximate surface area is 154 Å². The highest BCUT2D eigenvalue weighted by molar-refractivity contribution is 7.09. The van der Waals surface area contributed by atoms with Crippen LogP contribution >= 0.6 is 11.3 Å². The number of unbranched alkanes of at least 4 members (excludes halogenated alkanes) is 1. The van der Waals surface area contributed by atoms with Gasteiger partial charge in [-0.1, -0.05) is 31.9 Å². The van der Waals surface area contributed by atoms with E-state index in [2.05, 4.69) is 56.3 Å². The third-order valence-electron chi connectivity index (χ3n) is 4.81. The number of tetrazole rings is 1. The molecule has 136 valence electrons. The summed E-state index contributed by atoms with van der Waals surface area (Å²) in [5.41, 5.74) is 0. The van der Waals surface area contributed by atoms with E-state index in [-0.39, 0.29) is 0 Å². The van der Waals surface area contributed by atoms with Crippen molar-refractivity contribution in [3.63, 3.8) is 0 Å². The van der Waals surface area contributed by atoms with Crippen LogP contribution < -0.4 is 0 Å². The SMILES string of the molecule is C=CCN1CCN(C(CCCC)c2nnnn2Cc2cccs2)CC1. The van der Waals surface area contributed by atoms with Gasteiger partial charge in [0.15, 0.2) is 5.82 Å². The summed E-state index contributed by atoms with van der Waals surface area (Å²) in [6.45, 7) is 12.1. The van der Waals surface area contributed by atoms with Crippen LogP contribution in [0.4, 0.5) is 0 Å². The van der Waals surface area contributed by atoms with Gasteiger partial charge in [0.25, 0.3) is 0 Å². The topological polar surface area (TPSA) is 50.1 Å². The second kappa shape index (κ2) is 9.22. The Morgan fingerprint density at radius 2 is 2.16 bits per heavy atom. The van der Waals surface area contributed by atoms with Crippen LogP contribution in [-0.4, -0.2) is 62.7 Å². The van der Waals surface area contributed by atoms with Crippen LogP contribution in [0.15, 0.2) is 30.2 Å². The minimum atomic E-state index is 0.306. The molecular formula is C18H28N6S. The number of hydrogen-bond acceptors (Lipinski definition) is 6. The Hall–Kier alpha value is -1.57. The van der Waals surface area contributed by atoms with Gasteiger partial charge in [-0.15, -0.1) is 23.0 Å². The summed E-state index contributed by atoms with van der Waals surface area (Å²) < 4.78 is 1.99. The zero-order chi connectivity index (χ0) is 17.5. The zero-order valence-electron chi connectivity index (χ0n) is 15.0. The maximum absolute atomic E-state index is 4.42. The van der Waals surface area contributed by atoms with Crippen molar-refractivity contribution in [1.82, 2.24) is 30.0 Å². The molecule has 0 saturated carbocycles. The Balaban J connectivity index is 1.73. The average Bonchev–Trinajstić information content (AvgIpc) is 3.30. The van der Waals surface area contributed by atoms with Gasteiger partial charge in [0.2, 0.25) is 0 Å². The number of hydrogen-bond donors (Lipinski definition) is 0. The molecule has 2 aromatic rings. The van der Waals surface area contributed by atoms with Crippen LogP contribution in [0.5, 0.6) is 0 Å². The summed E-state index contributed by atoms with van der Waals surface area (Å²) in [5, 5.41) is 14.8. The molecule has 2 aromatic heterocycles. The largest absolute Gasteiger partial charge is 0.297 e. The maximum Gasteiger partial charge on any atom is 0.168 e. The van der Waals surface area contributed by atoms with Gasteiger partial charge in [-0.25, -0.2) is 4.68 Å². The highest BCUT2D eigenvalue weighted by Crippen LogP contribution is 2.26. The van der Waals surface area contributed by atoms with Gasteiger partial charge in [-0.2, -0.15) is 0 Å². The Bertz CT molecular complexity index is 630. The van der Waals surface area contributed by atoms with E-state index < -0.39 is 0 Å². The third kappa shape index (κ3) is 4.74. The van der Waals surface area contributed by atoms with E-state index in [4.69, 9.17) is 0 Å². The molecule has 1 aliphatic rings. The smallest absolute Gasteiger partial charge is 0.168 e. The van der Waals surface area contributed by atoms with Crippen molar-refractivity contribution >= 4 is 11.3 Å². The summed E-state index contributed by atoms with van der Waals surface area (Å²) in [5.74, 6) is 1.01. The molecule has 0 aliphatic carbocycles. The second-order valence-electron chi connectivity index (χ2n) is 6.56. The molecule has 1 atom stereocenters. The zero-order valence-corrected chi connectivity index (χ0v) is 15.9. The number of aromatic nitrogens is 4. The molecule has 0 amide bonds. The van der Waals surface area contributed by atoms with Crippen LogP contribution in [0.1, 0.15) is 42.9 Å². The van der Waals surface area contributed by atoms with Gasteiger partial charge < -0.3 is 0 Å². The minimum absolute atomic E-state index is 0.306. The molecule has 0 spiro atoms. The summed E-state index contributed by atoms with van der Waals surface area (Å²) in [4.78, 5) is 6.31. The first kappa shape index (κ1) is 18.2. The molecule has 3 rings (SSSR count). The van der Waals surface area contributed by atoms with E-state index >= 15 is 0 Å². The van der Waals surface area contributed by atoms with Crippen molar-refractivity contribution in [3.8, 4) is 0 Å². The summed E-state index contributed by atoms with van der Waals surface area (Å²) in [6, 6.07) is 4.53. The Morgan fingerprint density at radius 1 is 1.32 bits per heavy atom. The van der Waals surface area contributed by atoms with E-state index in [1.54, 1.807) is 11.3 Å². The van der Waals surface area contributed by atoms with E-state index in [1.165, 1.54) is 17.7 Å². The lowest BCUT2D eigenvalue weighted by Gasteiger charge is -2.38. The van der Waals surface area contributed by atoms with E-state index in [0.717, 1.165) is 51.5 Å². The van der Waals surface area contributed by atoms with E-state index in [0.29, 0.717) is 6.04 Å². The van der Waals surface area contributed by atoms with Crippen molar-refractivity contribution in [2.24, 2.45) is 0 Å². The number of thiophene rings is 1. The normalized spacial score (nSPS) is 17.6. The maximum atomic E-state index is 4.42. The molecule has 1 saturated heterocycles. The molecular weight excluding hydrogens is 332 g/mol. The second-order valence-corrected chi connectivity index (χ2v) is 7.59.